The molecule has 0 saturated heterocycles. The Morgan fingerprint density at radius 3 is 2.71 bits per heavy atom. The molecule has 0 saturated carbocycles. The molecule has 2 heterocycles. The molecule has 2 N–H and O–H groups in total. The van der Waals surface area contributed by atoms with E-state index in [1.165, 1.54) is 16.6 Å². The fraction of sp³-hybridized carbons (Fsp3) is 0.100. The van der Waals surface area contributed by atoms with Crippen LogP contribution in [-0.4, -0.2) is 25.7 Å². The number of hydrogen-bond donors (Lipinski definition) is 2. The average Bonchev–Trinajstić information content (AvgIpc) is 3.14. The first-order valence-corrected chi connectivity index (χ1v) is 8.60. The molecule has 0 bridgehead atoms. The second kappa shape index (κ2) is 7.07. The fourth-order valence-corrected chi connectivity index (χ4v) is 2.90. The number of halogens is 1. The van der Waals surface area contributed by atoms with Gasteiger partial charge in [0.1, 0.15) is 11.3 Å². The summed E-state index contributed by atoms with van der Waals surface area (Å²) in [6.07, 6.45) is -0.111. The van der Waals surface area contributed by atoms with Crippen LogP contribution in [0.15, 0.2) is 59.4 Å². The number of amides is 1. The van der Waals surface area contributed by atoms with Crippen LogP contribution in [0.4, 0.5) is 10.1 Å². The number of nitrogens with zero attached hydrogens (tertiary/aromatic N) is 3. The molecule has 2 aromatic carbocycles. The maximum absolute atomic E-state index is 13.4. The van der Waals surface area contributed by atoms with Gasteiger partial charge in [-0.1, -0.05) is 30.3 Å². The van der Waals surface area contributed by atoms with Crippen molar-refractivity contribution >= 4 is 17.1 Å². The highest BCUT2D eigenvalue weighted by Crippen LogP contribution is 2.18. The van der Waals surface area contributed by atoms with E-state index in [0.717, 1.165) is 5.56 Å². The van der Waals surface area contributed by atoms with Crippen molar-refractivity contribution in [2.75, 3.05) is 5.32 Å². The molecular formula is C20H16FN5O2. The molecule has 4 aromatic rings. The Bertz CT molecular complexity index is 1230. The zero-order valence-corrected chi connectivity index (χ0v) is 14.9. The maximum atomic E-state index is 13.4. The number of rotatable bonds is 4. The first-order valence-electron chi connectivity index (χ1n) is 8.60. The number of benzene rings is 2. The van der Waals surface area contributed by atoms with Crippen LogP contribution < -0.4 is 10.9 Å². The summed E-state index contributed by atoms with van der Waals surface area (Å²) in [5, 5.41) is 13.5. The number of fused-ring (bicyclic) bond motifs is 1. The smallest absolute Gasteiger partial charge is 0.290 e. The van der Waals surface area contributed by atoms with Crippen molar-refractivity contribution in [3.8, 4) is 11.3 Å². The third-order valence-corrected chi connectivity index (χ3v) is 4.30. The molecule has 0 spiro atoms. The van der Waals surface area contributed by atoms with Crippen LogP contribution in [0.2, 0.25) is 0 Å². The second-order valence-corrected chi connectivity index (χ2v) is 6.35. The van der Waals surface area contributed by atoms with Gasteiger partial charge in [0, 0.05) is 11.3 Å². The first-order chi connectivity index (χ1) is 13.5. The molecule has 0 atom stereocenters. The standard InChI is InChI=1S/C20H16FN5O2/c1-12-9-14(7-8-15(12)21)22-19(27)11-18-23-24-20(28)17-10-16(25-26(17)18)13-5-3-2-4-6-13/h2-10H,11H2,1H3,(H,22,27)(H,24,28). The molecule has 0 aliphatic heterocycles. The molecule has 1 amide bonds. The monoisotopic (exact) mass is 377 g/mol. The van der Waals surface area contributed by atoms with Gasteiger partial charge in [0.05, 0.1) is 12.1 Å². The minimum Gasteiger partial charge on any atom is -0.326 e. The van der Waals surface area contributed by atoms with Crippen molar-refractivity contribution in [2.45, 2.75) is 13.3 Å². The lowest BCUT2D eigenvalue weighted by molar-refractivity contribution is -0.115. The molecule has 28 heavy (non-hydrogen) atoms. The molecule has 140 valence electrons. The van der Waals surface area contributed by atoms with Crippen LogP contribution in [-0.2, 0) is 11.2 Å². The highest BCUT2D eigenvalue weighted by atomic mass is 19.1. The third kappa shape index (κ3) is 3.39. The van der Waals surface area contributed by atoms with E-state index in [2.05, 4.69) is 20.6 Å². The Kier molecular flexibility index (Phi) is 4.44. The van der Waals surface area contributed by atoms with E-state index in [4.69, 9.17) is 0 Å². The quantitative estimate of drug-likeness (QED) is 0.572. The number of aryl methyl sites for hydroxylation is 1. The van der Waals surface area contributed by atoms with Crippen molar-refractivity contribution in [2.24, 2.45) is 0 Å². The van der Waals surface area contributed by atoms with Gasteiger partial charge < -0.3 is 5.32 Å². The van der Waals surface area contributed by atoms with Crippen LogP contribution in [0.25, 0.3) is 16.8 Å². The molecule has 0 aliphatic rings. The van der Waals surface area contributed by atoms with Gasteiger partial charge in [0.15, 0.2) is 5.82 Å². The molecule has 4 rings (SSSR count). The lowest BCUT2D eigenvalue weighted by Gasteiger charge is -2.07. The molecule has 0 radical (unpaired) electrons. The van der Waals surface area contributed by atoms with Gasteiger partial charge in [0.25, 0.3) is 5.56 Å². The zero-order chi connectivity index (χ0) is 19.7. The predicted molar refractivity (Wildman–Crippen MR) is 103 cm³/mol. The van der Waals surface area contributed by atoms with Crippen molar-refractivity contribution in [1.29, 1.82) is 0 Å². The highest BCUT2D eigenvalue weighted by Gasteiger charge is 2.15. The van der Waals surface area contributed by atoms with Gasteiger partial charge in [-0.15, -0.1) is 0 Å². The molecule has 0 fully saturated rings. The van der Waals surface area contributed by atoms with E-state index in [-0.39, 0.29) is 24.0 Å². The summed E-state index contributed by atoms with van der Waals surface area (Å²) in [5.74, 6) is -0.413. The number of carbonyl (C=O) groups excluding carboxylic acids is 1. The topological polar surface area (TPSA) is 92.1 Å². The Hall–Kier alpha value is -3.81. The van der Waals surface area contributed by atoms with Gasteiger partial charge in [-0.25, -0.2) is 14.0 Å². The number of hydrogen-bond acceptors (Lipinski definition) is 4. The number of nitrogens with one attached hydrogen (secondary N) is 2. The first kappa shape index (κ1) is 17.6. The molecule has 8 heteroatoms. The van der Waals surface area contributed by atoms with Gasteiger partial charge >= 0.3 is 0 Å². The van der Waals surface area contributed by atoms with Gasteiger partial charge in [0.2, 0.25) is 5.91 Å². The van der Waals surface area contributed by atoms with E-state index in [9.17, 15) is 14.0 Å². The average molecular weight is 377 g/mol. The van der Waals surface area contributed by atoms with Crippen molar-refractivity contribution in [3.63, 3.8) is 0 Å². The van der Waals surface area contributed by atoms with Crippen molar-refractivity contribution in [1.82, 2.24) is 19.8 Å². The number of H-pyrrole nitrogens is 1. The molecule has 0 unspecified atom stereocenters. The van der Waals surface area contributed by atoms with E-state index < -0.39 is 5.56 Å². The van der Waals surface area contributed by atoms with E-state index in [1.54, 1.807) is 19.1 Å². The Balaban J connectivity index is 1.64. The Labute approximate surface area is 158 Å². The summed E-state index contributed by atoms with van der Waals surface area (Å²) in [6.45, 7) is 1.62. The Morgan fingerprint density at radius 2 is 1.96 bits per heavy atom. The fourth-order valence-electron chi connectivity index (χ4n) is 2.90. The zero-order valence-electron chi connectivity index (χ0n) is 14.9. The van der Waals surface area contributed by atoms with Gasteiger partial charge in [-0.05, 0) is 36.8 Å². The summed E-state index contributed by atoms with van der Waals surface area (Å²) < 4.78 is 14.7. The summed E-state index contributed by atoms with van der Waals surface area (Å²) in [5.41, 5.74) is 2.27. The Morgan fingerprint density at radius 1 is 1.18 bits per heavy atom. The summed E-state index contributed by atoms with van der Waals surface area (Å²) in [6, 6.07) is 15.4. The molecular weight excluding hydrogens is 361 g/mol. The van der Waals surface area contributed by atoms with Crippen molar-refractivity contribution in [3.05, 3.63) is 82.2 Å². The number of anilines is 1. The number of aromatic amines is 1. The molecule has 0 aliphatic carbocycles. The maximum Gasteiger partial charge on any atom is 0.290 e. The molecule has 7 nitrogen and oxygen atoms in total. The second-order valence-electron chi connectivity index (χ2n) is 6.35. The lowest BCUT2D eigenvalue weighted by atomic mass is 10.1. The normalized spacial score (nSPS) is 10.9. The van der Waals surface area contributed by atoms with E-state index in [0.29, 0.717) is 22.5 Å². The van der Waals surface area contributed by atoms with Crippen LogP contribution in [0, 0.1) is 12.7 Å². The highest BCUT2D eigenvalue weighted by molar-refractivity contribution is 5.92. The third-order valence-electron chi connectivity index (χ3n) is 4.30. The van der Waals surface area contributed by atoms with E-state index >= 15 is 0 Å². The SMILES string of the molecule is Cc1cc(NC(=O)Cc2n[nH]c(=O)c3cc(-c4ccccc4)nn23)ccc1F. The predicted octanol–water partition coefficient (Wildman–Crippen LogP) is 2.71. The van der Waals surface area contributed by atoms with Gasteiger partial charge in [-0.3, -0.25) is 9.59 Å². The lowest BCUT2D eigenvalue weighted by Crippen LogP contribution is -2.22. The van der Waals surface area contributed by atoms with Crippen LogP contribution in [0.3, 0.4) is 0 Å². The number of carbonyl (C=O) groups is 1. The van der Waals surface area contributed by atoms with Crippen LogP contribution >= 0.6 is 0 Å². The summed E-state index contributed by atoms with van der Waals surface area (Å²) >= 11 is 0. The minimum atomic E-state index is -0.395. The van der Waals surface area contributed by atoms with Crippen molar-refractivity contribution < 1.29 is 9.18 Å². The summed E-state index contributed by atoms with van der Waals surface area (Å²) in [7, 11) is 0. The van der Waals surface area contributed by atoms with Gasteiger partial charge in [-0.2, -0.15) is 10.2 Å². The minimum absolute atomic E-state index is 0.111. The number of aromatic nitrogens is 4. The summed E-state index contributed by atoms with van der Waals surface area (Å²) in [4.78, 5) is 24.5. The molecule has 2 aromatic heterocycles. The van der Waals surface area contributed by atoms with E-state index in [1.807, 2.05) is 30.3 Å². The van der Waals surface area contributed by atoms with Crippen LogP contribution in [0.5, 0.6) is 0 Å². The largest absolute Gasteiger partial charge is 0.326 e. The van der Waals surface area contributed by atoms with Crippen LogP contribution in [0.1, 0.15) is 11.4 Å².